The van der Waals surface area contributed by atoms with E-state index in [0.29, 0.717) is 61.1 Å². The van der Waals surface area contributed by atoms with Crippen molar-refractivity contribution in [3.8, 4) is 22.8 Å². The summed E-state index contributed by atoms with van der Waals surface area (Å²) in [7, 11) is 1.71. The number of rotatable bonds is 20. The maximum atomic E-state index is 14.7. The van der Waals surface area contributed by atoms with Crippen LogP contribution in [0.2, 0.25) is 0 Å². The zero-order valence-electron chi connectivity index (χ0n) is 46.8. The summed E-state index contributed by atoms with van der Waals surface area (Å²) in [5, 5.41) is 18.1. The smallest absolute Gasteiger partial charge is 0.246 e. The van der Waals surface area contributed by atoms with E-state index >= 15 is 0 Å². The molecule has 3 saturated heterocycles. The molecule has 6 N–H and O–H groups in total. The van der Waals surface area contributed by atoms with Gasteiger partial charge in [-0.15, -0.1) is 0 Å². The van der Waals surface area contributed by atoms with Gasteiger partial charge in [-0.2, -0.15) is 5.10 Å². The van der Waals surface area contributed by atoms with Crippen LogP contribution in [0.4, 0.5) is 5.82 Å². The number of hydrogen-bond donors (Lipinski definition) is 5. The lowest BCUT2D eigenvalue weighted by molar-refractivity contribution is -0.143. The lowest BCUT2D eigenvalue weighted by Crippen LogP contribution is -2.58. The minimum Gasteiger partial charge on any atom is -0.457 e. The van der Waals surface area contributed by atoms with Gasteiger partial charge >= 0.3 is 0 Å². The number of benzene rings is 3. The molecule has 0 radical (unpaired) electrons. The Morgan fingerprint density at radius 3 is 2.35 bits per heavy atom. The zero-order valence-corrected chi connectivity index (χ0v) is 46.8. The van der Waals surface area contributed by atoms with Gasteiger partial charge in [-0.1, -0.05) is 67.8 Å². The third-order valence-electron chi connectivity index (χ3n) is 17.0. The van der Waals surface area contributed by atoms with Gasteiger partial charge in [0.2, 0.25) is 29.5 Å². The fraction of sp³-hybridized carbons (Fsp3) is 0.508. The van der Waals surface area contributed by atoms with Crippen LogP contribution >= 0.6 is 0 Å². The van der Waals surface area contributed by atoms with Crippen LogP contribution in [0.5, 0.6) is 11.5 Å². The monoisotopic (exact) mass is 1110 g/mol. The van der Waals surface area contributed by atoms with Crippen molar-refractivity contribution in [1.29, 1.82) is 0 Å². The quantitative estimate of drug-likeness (QED) is 0.0500. The number of ether oxygens (including phenoxy) is 2. The molecule has 2 aliphatic carbocycles. The number of amides is 5. The van der Waals surface area contributed by atoms with Gasteiger partial charge in [0, 0.05) is 76.6 Å². The summed E-state index contributed by atoms with van der Waals surface area (Å²) < 4.78 is 13.8. The molecule has 0 spiro atoms. The minimum atomic E-state index is -0.820. The molecule has 5 aliphatic rings. The van der Waals surface area contributed by atoms with E-state index in [2.05, 4.69) is 53.2 Å². The number of carbonyl (C=O) groups excluding carboxylic acids is 5. The highest BCUT2D eigenvalue weighted by molar-refractivity contribution is 5.98. The van der Waals surface area contributed by atoms with Gasteiger partial charge in [0.25, 0.3) is 0 Å². The highest BCUT2D eigenvalue weighted by atomic mass is 16.5. The van der Waals surface area contributed by atoms with Crippen LogP contribution in [0.25, 0.3) is 22.3 Å². The molecule has 6 atom stereocenters. The Hall–Kier alpha value is -7.26. The maximum absolute atomic E-state index is 14.7. The second-order valence-electron chi connectivity index (χ2n) is 22.4. The van der Waals surface area contributed by atoms with E-state index in [4.69, 9.17) is 20.3 Å². The summed E-state index contributed by atoms with van der Waals surface area (Å²) in [6.07, 6.45) is 14.4. The molecule has 81 heavy (non-hydrogen) atoms. The number of hydrogen-bond acceptors (Lipinski definition) is 14. The number of nitrogens with one attached hydrogen (secondary N) is 4. The van der Waals surface area contributed by atoms with Crippen molar-refractivity contribution in [2.75, 3.05) is 84.9 Å². The Morgan fingerprint density at radius 1 is 0.802 bits per heavy atom. The lowest BCUT2D eigenvalue weighted by atomic mass is 9.83. The van der Waals surface area contributed by atoms with E-state index < -0.39 is 24.2 Å². The number of nitrogens with zero attached hydrogens (tertiary/aromatic N) is 8. The Morgan fingerprint density at radius 2 is 1.56 bits per heavy atom. The lowest BCUT2D eigenvalue weighted by Gasteiger charge is -2.35. The molecule has 4 fully saturated rings. The summed E-state index contributed by atoms with van der Waals surface area (Å²) in [5.41, 5.74) is 10.9. The molecule has 20 nitrogen and oxygen atoms in total. The van der Waals surface area contributed by atoms with Crippen LogP contribution in [0.3, 0.4) is 0 Å². The normalized spacial score (nSPS) is 21.8. The van der Waals surface area contributed by atoms with E-state index in [1.54, 1.807) is 24.9 Å². The highest BCUT2D eigenvalue weighted by Gasteiger charge is 2.45. The average Bonchev–Trinajstić information content (AvgIpc) is 4.30. The summed E-state index contributed by atoms with van der Waals surface area (Å²) in [5.74, 6) is 0.616. The van der Waals surface area contributed by atoms with E-state index in [-0.39, 0.29) is 67.1 Å². The molecule has 2 aromatic heterocycles. The molecule has 0 unspecified atom stereocenters. The van der Waals surface area contributed by atoms with Crippen LogP contribution in [-0.4, -0.2) is 172 Å². The van der Waals surface area contributed by atoms with Crippen molar-refractivity contribution in [2.24, 2.45) is 5.92 Å². The Kier molecular flexibility index (Phi) is 19.0. The number of anilines is 1. The van der Waals surface area contributed by atoms with Crippen molar-refractivity contribution in [2.45, 2.75) is 114 Å². The average molecular weight is 1110 g/mol. The molecule has 430 valence electrons. The molecule has 1 saturated carbocycles. The molecule has 3 aromatic carbocycles. The van der Waals surface area contributed by atoms with Crippen molar-refractivity contribution in [3.63, 3.8) is 0 Å². The summed E-state index contributed by atoms with van der Waals surface area (Å²) in [6, 6.07) is 22.7. The molecule has 5 amide bonds. The number of para-hydroxylation sites is 1. The zero-order chi connectivity index (χ0) is 56.2. The standard InChI is InChI=1S/C61H79N13O7/c1-41(63-2)59(77)68-56(43-15-5-3-6-16-43)61(79)73-37-45(36-51(73)60(78)67-50-22-11-17-42-14-9-10-21-49(42)50)66-52(75)39-80-35-34-71-32-30-70(31-33-71)28-13-23-53(76)72-29-12-18-46(38-72)74-58-54(57(62)64-40-65-58)55(69-74)44-24-26-48(27-25-44)81-47-19-7-4-8-20-47/h4,7-10,13-14,19-21,23-27,40-41,43,45-46,50-51,56,63H,3,5-6,11-12,15-18,22,28-39H2,1-2H3,(H,66,75)(H,67,78)(H,68,77)(H2,62,64,65)/b23-13+/t41-,45-,46+,50+,51-,56-/m0/s1. The predicted molar refractivity (Wildman–Crippen MR) is 309 cm³/mol. The third kappa shape index (κ3) is 14.1. The van der Waals surface area contributed by atoms with Gasteiger partial charge < -0.3 is 46.3 Å². The van der Waals surface area contributed by atoms with Gasteiger partial charge in [-0.25, -0.2) is 14.6 Å². The van der Waals surface area contributed by atoms with Gasteiger partial charge in [0.15, 0.2) is 5.65 Å². The number of carbonyl (C=O) groups is 5. The number of likely N-dealkylation sites (tertiary alicyclic amines) is 2. The first kappa shape index (κ1) is 57.0. The van der Waals surface area contributed by atoms with Crippen LogP contribution in [0, 0.1) is 5.92 Å². The molecule has 10 rings (SSSR count). The van der Waals surface area contributed by atoms with Gasteiger partial charge in [0.1, 0.15) is 48.0 Å². The number of piperazine rings is 1. The van der Waals surface area contributed by atoms with Crippen LogP contribution in [-0.2, 0) is 35.1 Å². The fourth-order valence-electron chi connectivity index (χ4n) is 12.4. The second-order valence-corrected chi connectivity index (χ2v) is 22.4. The van der Waals surface area contributed by atoms with Gasteiger partial charge in [-0.05, 0) is 119 Å². The third-order valence-corrected chi connectivity index (χ3v) is 17.0. The first-order chi connectivity index (χ1) is 39.5. The molecule has 20 heteroatoms. The summed E-state index contributed by atoms with van der Waals surface area (Å²) in [6.45, 7) is 7.88. The highest BCUT2D eigenvalue weighted by Crippen LogP contribution is 2.36. The number of fused-ring (bicyclic) bond motifs is 2. The van der Waals surface area contributed by atoms with Crippen LogP contribution < -0.4 is 31.7 Å². The van der Waals surface area contributed by atoms with Crippen molar-refractivity contribution < 1.29 is 33.4 Å². The van der Waals surface area contributed by atoms with Gasteiger partial charge in [0.05, 0.1) is 30.1 Å². The number of likely N-dealkylation sites (N-methyl/N-ethyl adjacent to an activating group) is 1. The van der Waals surface area contributed by atoms with E-state index in [9.17, 15) is 24.0 Å². The number of nitrogens with two attached hydrogens (primary N) is 1. The molecule has 5 heterocycles. The maximum Gasteiger partial charge on any atom is 0.246 e. The van der Waals surface area contributed by atoms with E-state index in [1.807, 2.05) is 82.4 Å². The number of aromatic nitrogens is 4. The molecule has 3 aliphatic heterocycles. The van der Waals surface area contributed by atoms with E-state index in [0.717, 1.165) is 107 Å². The van der Waals surface area contributed by atoms with Crippen molar-refractivity contribution in [1.82, 2.24) is 60.6 Å². The van der Waals surface area contributed by atoms with Crippen molar-refractivity contribution in [3.05, 3.63) is 108 Å². The number of piperidine rings is 1. The first-order valence-corrected chi connectivity index (χ1v) is 29.2. The molecule has 0 bridgehead atoms. The predicted octanol–water partition coefficient (Wildman–Crippen LogP) is 5.17. The Bertz CT molecular complexity index is 3000. The van der Waals surface area contributed by atoms with Crippen LogP contribution in [0.15, 0.2) is 97.3 Å². The SMILES string of the molecule is CN[C@@H](C)C(=O)N[C@H](C(=O)N1C[C@@H](NC(=O)COCCN2CCN(C/C=C/C(=O)N3CCC[C@@H](n4nc(-c5ccc(Oc6ccccc6)cc5)c5c(N)ncnc54)C3)CC2)C[C@H]1C(=O)N[C@@H]1CCCc2ccccc21)C1CCCCC1. The minimum absolute atomic E-state index is 0.0340. The Labute approximate surface area is 474 Å². The molecular weight excluding hydrogens is 1030 g/mol. The summed E-state index contributed by atoms with van der Waals surface area (Å²) >= 11 is 0. The molecule has 5 aromatic rings. The molecular formula is C61H79N13O7. The van der Waals surface area contributed by atoms with Gasteiger partial charge in [-0.3, -0.25) is 33.8 Å². The van der Waals surface area contributed by atoms with E-state index in [1.165, 1.54) is 11.9 Å². The Balaban J connectivity index is 0.676. The topological polar surface area (TPSA) is 235 Å². The number of nitrogen functional groups attached to an aromatic ring is 1. The van der Waals surface area contributed by atoms with Crippen molar-refractivity contribution >= 4 is 46.4 Å². The summed E-state index contributed by atoms with van der Waals surface area (Å²) in [4.78, 5) is 86.5. The fourth-order valence-corrected chi connectivity index (χ4v) is 12.4. The first-order valence-electron chi connectivity index (χ1n) is 29.2. The largest absolute Gasteiger partial charge is 0.457 e. The van der Waals surface area contributed by atoms with Crippen LogP contribution in [0.1, 0.15) is 94.3 Å². The number of aryl methyl sites for hydroxylation is 1. The second kappa shape index (κ2) is 27.0.